The normalized spacial score (nSPS) is 11.1. The number of nitrogens with zero attached hydrogens (tertiary/aromatic N) is 4. The van der Waals surface area contributed by atoms with E-state index < -0.39 is 5.76 Å². The maximum atomic E-state index is 12.4. The Balaban J connectivity index is 1.43. The molecule has 0 unspecified atom stereocenters. The van der Waals surface area contributed by atoms with Gasteiger partial charge in [-0.25, -0.2) is 14.8 Å². The van der Waals surface area contributed by atoms with Crippen LogP contribution in [-0.4, -0.2) is 31.6 Å². The van der Waals surface area contributed by atoms with Crippen LogP contribution in [0.2, 0.25) is 0 Å². The van der Waals surface area contributed by atoms with E-state index in [0.29, 0.717) is 22.1 Å². The van der Waals surface area contributed by atoms with Crippen LogP contribution in [0.25, 0.3) is 22.1 Å². The van der Waals surface area contributed by atoms with Crippen molar-refractivity contribution < 1.29 is 9.21 Å². The van der Waals surface area contributed by atoms with Crippen molar-refractivity contribution in [2.75, 3.05) is 6.54 Å². The molecule has 136 valence electrons. The van der Waals surface area contributed by atoms with E-state index in [0.717, 1.165) is 0 Å². The first-order valence-electron chi connectivity index (χ1n) is 8.29. The SMILES string of the molecule is O=C(Cn1cnc2ccccc2c1=O)NCCn1c(=O)oc2cccnc21. The van der Waals surface area contributed by atoms with Crippen LogP contribution >= 0.6 is 0 Å². The van der Waals surface area contributed by atoms with Crippen LogP contribution in [-0.2, 0) is 17.9 Å². The van der Waals surface area contributed by atoms with Gasteiger partial charge in [-0.15, -0.1) is 0 Å². The topological polar surface area (TPSA) is 112 Å². The molecule has 0 aliphatic rings. The molecule has 0 bridgehead atoms. The summed E-state index contributed by atoms with van der Waals surface area (Å²) in [5.41, 5.74) is 1.11. The molecule has 0 aliphatic heterocycles. The Kier molecular flexibility index (Phi) is 4.25. The van der Waals surface area contributed by atoms with Crippen molar-refractivity contribution in [1.82, 2.24) is 24.4 Å². The average molecular weight is 365 g/mol. The second kappa shape index (κ2) is 6.87. The third-order valence-electron chi connectivity index (χ3n) is 4.13. The van der Waals surface area contributed by atoms with Gasteiger partial charge in [-0.3, -0.25) is 18.7 Å². The van der Waals surface area contributed by atoms with Crippen molar-refractivity contribution in [2.45, 2.75) is 13.1 Å². The minimum atomic E-state index is -0.534. The molecule has 0 radical (unpaired) electrons. The smallest absolute Gasteiger partial charge is 0.406 e. The Morgan fingerprint density at radius 3 is 2.85 bits per heavy atom. The van der Waals surface area contributed by atoms with E-state index in [9.17, 15) is 14.4 Å². The summed E-state index contributed by atoms with van der Waals surface area (Å²) >= 11 is 0. The number of hydrogen-bond donors (Lipinski definition) is 1. The van der Waals surface area contributed by atoms with Crippen LogP contribution in [0.1, 0.15) is 0 Å². The third kappa shape index (κ3) is 3.22. The maximum absolute atomic E-state index is 12.4. The van der Waals surface area contributed by atoms with Crippen molar-refractivity contribution in [1.29, 1.82) is 0 Å². The molecule has 0 aliphatic carbocycles. The fourth-order valence-electron chi connectivity index (χ4n) is 2.83. The molecular formula is C18H15N5O4. The zero-order chi connectivity index (χ0) is 18.8. The Morgan fingerprint density at radius 1 is 1.11 bits per heavy atom. The molecule has 9 heteroatoms. The first-order chi connectivity index (χ1) is 13.1. The minimum Gasteiger partial charge on any atom is -0.406 e. The number of carbonyl (C=O) groups excluding carboxylic acids is 1. The molecule has 0 saturated carbocycles. The number of nitrogens with one attached hydrogen (secondary N) is 1. The van der Waals surface area contributed by atoms with E-state index >= 15 is 0 Å². The van der Waals surface area contributed by atoms with Crippen molar-refractivity contribution in [3.63, 3.8) is 0 Å². The zero-order valence-electron chi connectivity index (χ0n) is 14.2. The van der Waals surface area contributed by atoms with Gasteiger partial charge in [-0.1, -0.05) is 12.1 Å². The number of para-hydroxylation sites is 1. The summed E-state index contributed by atoms with van der Waals surface area (Å²) in [6, 6.07) is 10.3. The number of pyridine rings is 1. The lowest BCUT2D eigenvalue weighted by atomic mass is 10.2. The van der Waals surface area contributed by atoms with E-state index in [1.807, 2.05) is 0 Å². The summed E-state index contributed by atoms with van der Waals surface area (Å²) in [5.74, 6) is -0.893. The molecule has 9 nitrogen and oxygen atoms in total. The molecule has 1 aromatic carbocycles. The first-order valence-corrected chi connectivity index (χ1v) is 8.29. The van der Waals surface area contributed by atoms with E-state index in [-0.39, 0.29) is 31.1 Å². The van der Waals surface area contributed by atoms with Gasteiger partial charge >= 0.3 is 5.76 Å². The lowest BCUT2D eigenvalue weighted by Gasteiger charge is -2.08. The van der Waals surface area contributed by atoms with Crippen LogP contribution < -0.4 is 16.6 Å². The second-order valence-electron chi connectivity index (χ2n) is 5.89. The Morgan fingerprint density at radius 2 is 1.96 bits per heavy atom. The van der Waals surface area contributed by atoms with Crippen molar-refractivity contribution in [2.24, 2.45) is 0 Å². The lowest BCUT2D eigenvalue weighted by molar-refractivity contribution is -0.121. The van der Waals surface area contributed by atoms with E-state index in [1.165, 1.54) is 15.5 Å². The zero-order valence-corrected chi connectivity index (χ0v) is 14.2. The number of fused-ring (bicyclic) bond motifs is 2. The Bertz CT molecular complexity index is 1250. The summed E-state index contributed by atoms with van der Waals surface area (Å²) < 4.78 is 7.68. The molecule has 0 spiro atoms. The number of aromatic nitrogens is 4. The predicted octanol–water partition coefficient (Wildman–Crippen LogP) is 0.516. The number of carbonyl (C=O) groups is 1. The number of oxazole rings is 1. The Hall–Kier alpha value is -3.75. The van der Waals surface area contributed by atoms with Gasteiger partial charge in [-0.2, -0.15) is 0 Å². The molecule has 3 aromatic heterocycles. The minimum absolute atomic E-state index is 0.157. The highest BCUT2D eigenvalue weighted by molar-refractivity contribution is 5.78. The van der Waals surface area contributed by atoms with Crippen LogP contribution in [0, 0.1) is 0 Å². The van der Waals surface area contributed by atoms with E-state index in [4.69, 9.17) is 4.42 Å². The van der Waals surface area contributed by atoms with Gasteiger partial charge in [0.2, 0.25) is 5.91 Å². The van der Waals surface area contributed by atoms with E-state index in [2.05, 4.69) is 15.3 Å². The van der Waals surface area contributed by atoms with Gasteiger partial charge in [-0.05, 0) is 24.3 Å². The van der Waals surface area contributed by atoms with Gasteiger partial charge in [0.05, 0.1) is 17.2 Å². The molecular weight excluding hydrogens is 350 g/mol. The number of rotatable bonds is 5. The fourth-order valence-corrected chi connectivity index (χ4v) is 2.83. The first kappa shape index (κ1) is 16.7. The lowest BCUT2D eigenvalue weighted by Crippen LogP contribution is -2.35. The van der Waals surface area contributed by atoms with Crippen molar-refractivity contribution >= 4 is 28.0 Å². The quantitative estimate of drug-likeness (QED) is 0.552. The van der Waals surface area contributed by atoms with Crippen LogP contribution in [0.3, 0.4) is 0 Å². The largest absolute Gasteiger partial charge is 0.421 e. The predicted molar refractivity (Wildman–Crippen MR) is 97.3 cm³/mol. The van der Waals surface area contributed by atoms with Gasteiger partial charge < -0.3 is 9.73 Å². The van der Waals surface area contributed by atoms with Gasteiger partial charge in [0.25, 0.3) is 5.56 Å². The van der Waals surface area contributed by atoms with Crippen molar-refractivity contribution in [3.8, 4) is 0 Å². The number of hydrogen-bond acceptors (Lipinski definition) is 6. The summed E-state index contributed by atoms with van der Waals surface area (Å²) in [4.78, 5) is 44.7. The number of amides is 1. The fraction of sp³-hybridized carbons (Fsp3) is 0.167. The van der Waals surface area contributed by atoms with Crippen LogP contribution in [0.5, 0.6) is 0 Å². The molecule has 1 N–H and O–H groups in total. The van der Waals surface area contributed by atoms with Crippen LogP contribution in [0.15, 0.2) is 62.9 Å². The average Bonchev–Trinajstić information content (AvgIpc) is 3.00. The van der Waals surface area contributed by atoms with E-state index in [1.54, 1.807) is 42.6 Å². The third-order valence-corrected chi connectivity index (χ3v) is 4.13. The monoisotopic (exact) mass is 365 g/mol. The summed E-state index contributed by atoms with van der Waals surface area (Å²) in [5, 5.41) is 3.14. The summed E-state index contributed by atoms with van der Waals surface area (Å²) in [6.45, 7) is 0.245. The molecule has 3 heterocycles. The van der Waals surface area contributed by atoms with Crippen molar-refractivity contribution in [3.05, 3.63) is 69.8 Å². The molecule has 4 aromatic rings. The summed E-state index contributed by atoms with van der Waals surface area (Å²) in [6.07, 6.45) is 2.91. The number of benzene rings is 1. The highest BCUT2D eigenvalue weighted by atomic mass is 16.4. The van der Waals surface area contributed by atoms with Crippen LogP contribution in [0.4, 0.5) is 0 Å². The maximum Gasteiger partial charge on any atom is 0.421 e. The van der Waals surface area contributed by atoms with Gasteiger partial charge in [0.1, 0.15) is 6.54 Å². The molecule has 27 heavy (non-hydrogen) atoms. The molecule has 0 atom stereocenters. The van der Waals surface area contributed by atoms with Gasteiger partial charge in [0.15, 0.2) is 11.2 Å². The van der Waals surface area contributed by atoms with Gasteiger partial charge in [0, 0.05) is 19.3 Å². The second-order valence-corrected chi connectivity index (χ2v) is 5.89. The highest BCUT2D eigenvalue weighted by Crippen LogP contribution is 2.08. The molecule has 0 fully saturated rings. The Labute approximate surface area is 151 Å². The highest BCUT2D eigenvalue weighted by Gasteiger charge is 2.11. The molecule has 0 saturated heterocycles. The summed E-state index contributed by atoms with van der Waals surface area (Å²) in [7, 11) is 0. The molecule has 4 rings (SSSR count). The standard InChI is InChI=1S/C18H15N5O4/c24-15(10-22-11-21-13-5-2-1-4-12(13)17(22)25)19-8-9-23-16-14(27-18(23)26)6-3-7-20-16/h1-7,11H,8-10H2,(H,19,24). The molecule has 1 amide bonds.